The molecule has 1 aromatic carbocycles. The van der Waals surface area contributed by atoms with Crippen LogP contribution in [0, 0.1) is 0 Å². The molecule has 5 heterocycles. The second kappa shape index (κ2) is 7.64. The monoisotopic (exact) mass is 454 g/mol. The van der Waals surface area contributed by atoms with Crippen LogP contribution in [0.25, 0.3) is 11.2 Å². The number of halogens is 2. The number of aliphatic imine (C=N–C) groups is 1. The molecule has 10 heteroatoms. The summed E-state index contributed by atoms with van der Waals surface area (Å²) in [6.07, 6.45) is 11.0. The van der Waals surface area contributed by atoms with Gasteiger partial charge in [0.2, 0.25) is 0 Å². The van der Waals surface area contributed by atoms with Crippen molar-refractivity contribution in [3.63, 3.8) is 0 Å². The molecule has 0 bridgehead atoms. The van der Waals surface area contributed by atoms with E-state index in [4.69, 9.17) is 0 Å². The minimum atomic E-state index is -0.455. The molecule has 0 saturated carbocycles. The molecule has 31 heavy (non-hydrogen) atoms. The van der Waals surface area contributed by atoms with Crippen LogP contribution in [-0.2, 0) is 16.0 Å². The molecular weight excluding hydrogens is 439 g/mol. The van der Waals surface area contributed by atoms with Gasteiger partial charge >= 0.3 is 0 Å². The Bertz CT molecular complexity index is 1340. The zero-order valence-electron chi connectivity index (χ0n) is 16.0. The second-order valence-corrected chi connectivity index (χ2v) is 7.01. The molecule has 0 unspecified atom stereocenters. The molecule has 6 rings (SSSR count). The lowest BCUT2D eigenvalue weighted by Gasteiger charge is -2.17. The molecule has 2 amide bonds. The molecule has 1 N–H and O–H groups in total. The quantitative estimate of drug-likeness (QED) is 0.599. The van der Waals surface area contributed by atoms with Crippen LogP contribution in [0.3, 0.4) is 0 Å². The van der Waals surface area contributed by atoms with Gasteiger partial charge in [0.1, 0.15) is 0 Å². The number of amides is 2. The number of hydrogen-bond acceptors (Lipinski definition) is 6. The van der Waals surface area contributed by atoms with E-state index in [1.165, 1.54) is 5.56 Å². The molecule has 2 aromatic heterocycles. The van der Waals surface area contributed by atoms with Crippen molar-refractivity contribution in [2.45, 2.75) is 6.42 Å². The number of imide groups is 1. The van der Waals surface area contributed by atoms with E-state index in [2.05, 4.69) is 31.2 Å². The summed E-state index contributed by atoms with van der Waals surface area (Å²) in [7, 11) is 0. The van der Waals surface area contributed by atoms with Crippen molar-refractivity contribution in [1.82, 2.24) is 19.7 Å². The summed E-state index contributed by atoms with van der Waals surface area (Å²) in [4.78, 5) is 40.8. The van der Waals surface area contributed by atoms with Crippen LogP contribution in [0.2, 0.25) is 0 Å². The zero-order chi connectivity index (χ0) is 19.5. The Balaban J connectivity index is 0.00000116. The SMILES string of the molecule is Cl.Cl.O=C1NC(=O)C(c2cnc3cnccn23)=C1C1=NC=CN2CCc3cccc1c32. The first-order valence-corrected chi connectivity index (χ1v) is 9.23. The highest BCUT2D eigenvalue weighted by molar-refractivity contribution is 6.47. The molecule has 0 radical (unpaired) electrons. The van der Waals surface area contributed by atoms with Crippen LogP contribution in [0.4, 0.5) is 5.69 Å². The summed E-state index contributed by atoms with van der Waals surface area (Å²) >= 11 is 0. The topological polar surface area (TPSA) is 92.0 Å². The smallest absolute Gasteiger partial charge is 0.261 e. The largest absolute Gasteiger partial charge is 0.345 e. The Morgan fingerprint density at radius 2 is 1.87 bits per heavy atom. The van der Waals surface area contributed by atoms with E-state index >= 15 is 0 Å². The Morgan fingerprint density at radius 3 is 2.74 bits per heavy atom. The number of nitrogens with zero attached hydrogens (tertiary/aromatic N) is 5. The number of benzene rings is 1. The first-order chi connectivity index (χ1) is 14.2. The molecule has 3 aromatic rings. The number of imidazole rings is 1. The molecule has 0 atom stereocenters. The van der Waals surface area contributed by atoms with Crippen LogP contribution in [0.15, 0.2) is 66.0 Å². The molecule has 0 saturated heterocycles. The molecule has 0 aliphatic carbocycles. The number of aromatic nitrogens is 3. The standard InChI is InChI=1S/C21H14N6O2.2ClH/c28-20-16(14-10-24-15-11-22-5-9-27(14)15)17(21(29)25-20)18-13-3-1-2-12-4-7-26(19(12)13)8-6-23-18;;/h1-3,5-6,8-11H,4,7H2,(H,25,28,29);2*1H. The number of anilines is 1. The van der Waals surface area contributed by atoms with E-state index in [0.717, 1.165) is 24.2 Å². The average molecular weight is 455 g/mol. The lowest BCUT2D eigenvalue weighted by atomic mass is 9.94. The molecule has 0 fully saturated rings. The van der Waals surface area contributed by atoms with Crippen LogP contribution >= 0.6 is 24.8 Å². The minimum absolute atomic E-state index is 0. The van der Waals surface area contributed by atoms with Crippen LogP contribution in [0.1, 0.15) is 16.8 Å². The molecule has 8 nitrogen and oxygen atoms in total. The van der Waals surface area contributed by atoms with Crippen molar-refractivity contribution in [2.24, 2.45) is 4.99 Å². The summed E-state index contributed by atoms with van der Waals surface area (Å²) in [5.41, 5.74) is 5.24. The van der Waals surface area contributed by atoms with E-state index in [1.54, 1.807) is 35.4 Å². The number of fused-ring (bicyclic) bond motifs is 1. The highest BCUT2D eigenvalue weighted by atomic mass is 35.5. The Kier molecular flexibility index (Phi) is 5.12. The van der Waals surface area contributed by atoms with Crippen molar-refractivity contribution in [1.29, 1.82) is 0 Å². The zero-order valence-corrected chi connectivity index (χ0v) is 17.6. The van der Waals surface area contributed by atoms with Gasteiger partial charge in [-0.15, -0.1) is 24.8 Å². The van der Waals surface area contributed by atoms with E-state index in [9.17, 15) is 9.59 Å². The first kappa shape index (κ1) is 20.8. The van der Waals surface area contributed by atoms with Crippen LogP contribution in [-0.4, -0.2) is 38.4 Å². The van der Waals surface area contributed by atoms with Gasteiger partial charge in [-0.25, -0.2) is 4.98 Å². The number of para-hydroxylation sites is 1. The number of hydrogen-bond donors (Lipinski definition) is 1. The van der Waals surface area contributed by atoms with Gasteiger partial charge in [-0.3, -0.25) is 29.3 Å². The van der Waals surface area contributed by atoms with Gasteiger partial charge in [-0.05, 0) is 12.0 Å². The molecule has 3 aliphatic heterocycles. The Labute approximate surface area is 189 Å². The van der Waals surface area contributed by atoms with Crippen molar-refractivity contribution >= 4 is 59.2 Å². The maximum Gasteiger partial charge on any atom is 0.261 e. The van der Waals surface area contributed by atoms with Gasteiger partial charge in [-0.2, -0.15) is 0 Å². The van der Waals surface area contributed by atoms with Crippen molar-refractivity contribution in [3.8, 4) is 0 Å². The molecule has 156 valence electrons. The fourth-order valence-electron chi connectivity index (χ4n) is 4.23. The lowest BCUT2D eigenvalue weighted by Crippen LogP contribution is -2.25. The van der Waals surface area contributed by atoms with Gasteiger partial charge in [0.15, 0.2) is 5.65 Å². The van der Waals surface area contributed by atoms with Crippen molar-refractivity contribution in [2.75, 3.05) is 11.4 Å². The maximum absolute atomic E-state index is 12.9. The predicted molar refractivity (Wildman–Crippen MR) is 121 cm³/mol. The van der Waals surface area contributed by atoms with Gasteiger partial charge < -0.3 is 4.90 Å². The third kappa shape index (κ3) is 2.95. The average Bonchev–Trinajstić information content (AvgIpc) is 3.37. The molecule has 3 aliphatic rings. The maximum atomic E-state index is 12.9. The molecular formula is C21H16Cl2N6O2. The molecule has 0 spiro atoms. The third-order valence-corrected chi connectivity index (χ3v) is 5.48. The van der Waals surface area contributed by atoms with Gasteiger partial charge in [0.25, 0.3) is 11.8 Å². The highest BCUT2D eigenvalue weighted by Gasteiger charge is 2.38. The normalized spacial score (nSPS) is 16.5. The summed E-state index contributed by atoms with van der Waals surface area (Å²) in [6.45, 7) is 0.864. The van der Waals surface area contributed by atoms with E-state index < -0.39 is 11.8 Å². The van der Waals surface area contributed by atoms with Crippen molar-refractivity contribution < 1.29 is 9.59 Å². The fraction of sp³-hybridized carbons (Fsp3) is 0.0952. The summed E-state index contributed by atoms with van der Waals surface area (Å²) in [5.74, 6) is -0.908. The number of carbonyl (C=O) groups is 2. The predicted octanol–water partition coefficient (Wildman–Crippen LogP) is 2.32. The summed E-state index contributed by atoms with van der Waals surface area (Å²) in [5, 5.41) is 2.43. The highest BCUT2D eigenvalue weighted by Crippen LogP contribution is 2.37. The Morgan fingerprint density at radius 1 is 1.03 bits per heavy atom. The van der Waals surface area contributed by atoms with Gasteiger partial charge in [0, 0.05) is 36.9 Å². The van der Waals surface area contributed by atoms with Crippen molar-refractivity contribution in [3.05, 3.63) is 77.8 Å². The van der Waals surface area contributed by atoms with Crippen LogP contribution in [0.5, 0.6) is 0 Å². The van der Waals surface area contributed by atoms with E-state index in [1.807, 2.05) is 18.3 Å². The number of nitrogens with one attached hydrogen (secondary N) is 1. The third-order valence-electron chi connectivity index (χ3n) is 5.48. The van der Waals surface area contributed by atoms with Gasteiger partial charge in [0.05, 0.1) is 40.6 Å². The van der Waals surface area contributed by atoms with E-state index in [0.29, 0.717) is 17.1 Å². The first-order valence-electron chi connectivity index (χ1n) is 9.23. The van der Waals surface area contributed by atoms with Gasteiger partial charge in [-0.1, -0.05) is 18.2 Å². The van der Waals surface area contributed by atoms with Crippen LogP contribution < -0.4 is 10.2 Å². The number of carbonyl (C=O) groups excluding carboxylic acids is 2. The summed E-state index contributed by atoms with van der Waals surface area (Å²) < 4.78 is 1.75. The van der Waals surface area contributed by atoms with E-state index in [-0.39, 0.29) is 36.0 Å². The summed E-state index contributed by atoms with van der Waals surface area (Å²) in [6, 6.07) is 6.00. The second-order valence-electron chi connectivity index (χ2n) is 7.01. The minimum Gasteiger partial charge on any atom is -0.345 e. The fourth-order valence-corrected chi connectivity index (χ4v) is 4.23. The lowest BCUT2D eigenvalue weighted by molar-refractivity contribution is -0.123. The Hall–Kier alpha value is -3.49. The number of rotatable bonds is 2.